The molecule has 0 atom stereocenters. The maximum absolute atomic E-state index is 13.1. The molecule has 1 aromatic heterocycles. The van der Waals surface area contributed by atoms with Crippen LogP contribution in [0, 0.1) is 0 Å². The lowest BCUT2D eigenvalue weighted by molar-refractivity contribution is 0.102. The van der Waals surface area contributed by atoms with E-state index in [4.69, 9.17) is 14.5 Å². The monoisotopic (exact) mass is 384 g/mol. The minimum absolute atomic E-state index is 0.191. The van der Waals surface area contributed by atoms with Crippen molar-refractivity contribution in [3.8, 4) is 22.8 Å². The number of methoxy groups -OCH3 is 2. The predicted octanol–water partition coefficient (Wildman–Crippen LogP) is 5.17. The average Bonchev–Trinajstić information content (AvgIpc) is 2.79. The quantitative estimate of drug-likeness (QED) is 0.516. The number of ether oxygens (including phenoxy) is 2. The maximum Gasteiger partial charge on any atom is 0.256 e. The molecule has 4 rings (SSSR count). The number of benzene rings is 3. The van der Waals surface area contributed by atoms with Crippen molar-refractivity contribution in [3.05, 3.63) is 84.4 Å². The van der Waals surface area contributed by atoms with Crippen LogP contribution in [0.2, 0.25) is 0 Å². The van der Waals surface area contributed by atoms with Crippen LogP contribution >= 0.6 is 0 Å². The van der Waals surface area contributed by atoms with Gasteiger partial charge in [0.1, 0.15) is 11.5 Å². The third-order valence-corrected chi connectivity index (χ3v) is 4.69. The summed E-state index contributed by atoms with van der Waals surface area (Å²) in [4.78, 5) is 17.8. The molecule has 0 aliphatic heterocycles. The van der Waals surface area contributed by atoms with E-state index in [0.29, 0.717) is 11.3 Å². The van der Waals surface area contributed by atoms with Crippen molar-refractivity contribution < 1.29 is 14.3 Å². The highest BCUT2D eigenvalue weighted by atomic mass is 16.5. The van der Waals surface area contributed by atoms with Gasteiger partial charge in [0.05, 0.1) is 31.0 Å². The highest BCUT2D eigenvalue weighted by molar-refractivity contribution is 6.13. The molecule has 29 heavy (non-hydrogen) atoms. The van der Waals surface area contributed by atoms with Gasteiger partial charge in [-0.2, -0.15) is 0 Å². The van der Waals surface area contributed by atoms with E-state index in [0.717, 1.165) is 33.7 Å². The van der Waals surface area contributed by atoms with Crippen LogP contribution in [0.15, 0.2) is 78.9 Å². The predicted molar refractivity (Wildman–Crippen MR) is 115 cm³/mol. The first kappa shape index (κ1) is 18.5. The smallest absolute Gasteiger partial charge is 0.256 e. The third-order valence-electron chi connectivity index (χ3n) is 4.69. The molecule has 1 N–H and O–H groups in total. The molecular weight excluding hydrogens is 364 g/mol. The van der Waals surface area contributed by atoms with Gasteiger partial charge in [-0.25, -0.2) is 4.98 Å². The minimum atomic E-state index is -0.191. The number of pyridine rings is 1. The highest BCUT2D eigenvalue weighted by Gasteiger charge is 2.14. The van der Waals surface area contributed by atoms with Crippen LogP contribution in [-0.4, -0.2) is 25.1 Å². The first-order chi connectivity index (χ1) is 14.2. The van der Waals surface area contributed by atoms with Gasteiger partial charge in [-0.3, -0.25) is 4.79 Å². The Morgan fingerprint density at radius 2 is 1.45 bits per heavy atom. The molecule has 0 fully saturated rings. The van der Waals surface area contributed by atoms with Gasteiger partial charge in [0.15, 0.2) is 0 Å². The van der Waals surface area contributed by atoms with E-state index in [9.17, 15) is 4.79 Å². The third kappa shape index (κ3) is 3.89. The van der Waals surface area contributed by atoms with Gasteiger partial charge < -0.3 is 14.8 Å². The zero-order chi connectivity index (χ0) is 20.2. The zero-order valence-electron chi connectivity index (χ0n) is 16.2. The molecule has 0 bridgehead atoms. The fourth-order valence-electron chi connectivity index (χ4n) is 3.15. The number of hydrogen-bond donors (Lipinski definition) is 1. The number of nitrogens with zero attached hydrogens (tertiary/aromatic N) is 1. The lowest BCUT2D eigenvalue weighted by Crippen LogP contribution is -2.13. The van der Waals surface area contributed by atoms with Crippen molar-refractivity contribution in [3.63, 3.8) is 0 Å². The number of nitrogens with one attached hydrogen (secondary N) is 1. The molecule has 0 saturated heterocycles. The van der Waals surface area contributed by atoms with E-state index < -0.39 is 0 Å². The Morgan fingerprint density at radius 3 is 2.10 bits per heavy atom. The number of para-hydroxylation sites is 1. The molecule has 1 amide bonds. The molecule has 0 aliphatic carbocycles. The summed E-state index contributed by atoms with van der Waals surface area (Å²) in [7, 11) is 3.24. The Bertz CT molecular complexity index is 1150. The van der Waals surface area contributed by atoms with E-state index in [1.54, 1.807) is 14.2 Å². The summed E-state index contributed by atoms with van der Waals surface area (Å²) in [6.07, 6.45) is 0. The summed E-state index contributed by atoms with van der Waals surface area (Å²) in [6.45, 7) is 0. The number of fused-ring (bicyclic) bond motifs is 1. The summed E-state index contributed by atoms with van der Waals surface area (Å²) >= 11 is 0. The van der Waals surface area contributed by atoms with E-state index >= 15 is 0 Å². The second-order valence-electron chi connectivity index (χ2n) is 6.48. The Balaban J connectivity index is 1.74. The molecule has 0 aliphatic rings. The van der Waals surface area contributed by atoms with Gasteiger partial charge in [0.2, 0.25) is 0 Å². The summed E-state index contributed by atoms with van der Waals surface area (Å²) in [5, 5.41) is 3.76. The molecule has 3 aromatic carbocycles. The lowest BCUT2D eigenvalue weighted by Gasteiger charge is -2.11. The normalized spacial score (nSPS) is 10.6. The van der Waals surface area contributed by atoms with Gasteiger partial charge >= 0.3 is 0 Å². The van der Waals surface area contributed by atoms with Gasteiger partial charge in [-0.15, -0.1) is 0 Å². The molecule has 0 saturated carbocycles. The topological polar surface area (TPSA) is 60.5 Å². The van der Waals surface area contributed by atoms with Crippen molar-refractivity contribution in [2.24, 2.45) is 0 Å². The van der Waals surface area contributed by atoms with Gasteiger partial charge in [0.25, 0.3) is 5.91 Å². The Morgan fingerprint density at radius 1 is 0.828 bits per heavy atom. The first-order valence-electron chi connectivity index (χ1n) is 9.17. The fraction of sp³-hybridized carbons (Fsp3) is 0.0833. The molecule has 0 unspecified atom stereocenters. The van der Waals surface area contributed by atoms with E-state index in [1.807, 2.05) is 78.9 Å². The summed E-state index contributed by atoms with van der Waals surface area (Å²) in [5.41, 5.74) is 3.67. The van der Waals surface area contributed by atoms with Crippen molar-refractivity contribution in [1.82, 2.24) is 4.98 Å². The second kappa shape index (κ2) is 8.02. The number of rotatable bonds is 5. The molecule has 144 valence electrons. The average molecular weight is 384 g/mol. The van der Waals surface area contributed by atoms with Crippen LogP contribution in [-0.2, 0) is 0 Å². The number of carbonyl (C=O) groups is 1. The molecule has 4 aromatic rings. The largest absolute Gasteiger partial charge is 0.497 e. The van der Waals surface area contributed by atoms with Gasteiger partial charge in [-0.05, 0) is 60.7 Å². The maximum atomic E-state index is 13.1. The van der Waals surface area contributed by atoms with E-state index in [-0.39, 0.29) is 5.91 Å². The van der Waals surface area contributed by atoms with Crippen LogP contribution in [0.25, 0.3) is 22.2 Å². The SMILES string of the molecule is COc1ccc(NC(=O)c2cc(-c3ccc(OC)cc3)nc3ccccc23)cc1. The van der Waals surface area contributed by atoms with Gasteiger partial charge in [0, 0.05) is 16.6 Å². The zero-order valence-corrected chi connectivity index (χ0v) is 16.2. The molecule has 5 heteroatoms. The lowest BCUT2D eigenvalue weighted by atomic mass is 10.0. The van der Waals surface area contributed by atoms with Crippen LogP contribution in [0.3, 0.4) is 0 Å². The summed E-state index contributed by atoms with van der Waals surface area (Å²) in [5.74, 6) is 1.31. The van der Waals surface area contributed by atoms with Crippen molar-refractivity contribution >= 4 is 22.5 Å². The van der Waals surface area contributed by atoms with Crippen LogP contribution < -0.4 is 14.8 Å². The summed E-state index contributed by atoms with van der Waals surface area (Å²) < 4.78 is 10.4. The number of anilines is 1. The number of hydrogen-bond acceptors (Lipinski definition) is 4. The van der Waals surface area contributed by atoms with Crippen LogP contribution in [0.1, 0.15) is 10.4 Å². The van der Waals surface area contributed by atoms with Crippen LogP contribution in [0.5, 0.6) is 11.5 Å². The Labute approximate surface area is 168 Å². The second-order valence-corrected chi connectivity index (χ2v) is 6.48. The number of amides is 1. The van der Waals surface area contributed by atoms with Crippen molar-refractivity contribution in [2.45, 2.75) is 0 Å². The van der Waals surface area contributed by atoms with Gasteiger partial charge in [-0.1, -0.05) is 18.2 Å². The Kier molecular flexibility index (Phi) is 5.12. The molecule has 1 heterocycles. The van der Waals surface area contributed by atoms with Crippen molar-refractivity contribution in [2.75, 3.05) is 19.5 Å². The van der Waals surface area contributed by atoms with Crippen LogP contribution in [0.4, 0.5) is 5.69 Å². The van der Waals surface area contributed by atoms with Crippen molar-refractivity contribution in [1.29, 1.82) is 0 Å². The number of aromatic nitrogens is 1. The van der Waals surface area contributed by atoms with E-state index in [2.05, 4.69) is 5.32 Å². The first-order valence-corrected chi connectivity index (χ1v) is 9.17. The molecule has 5 nitrogen and oxygen atoms in total. The fourth-order valence-corrected chi connectivity index (χ4v) is 3.15. The highest BCUT2D eigenvalue weighted by Crippen LogP contribution is 2.27. The minimum Gasteiger partial charge on any atom is -0.497 e. The Hall–Kier alpha value is -3.86. The van der Waals surface area contributed by atoms with E-state index in [1.165, 1.54) is 0 Å². The summed E-state index contributed by atoms with van der Waals surface area (Å²) in [6, 6.07) is 24.3. The standard InChI is InChI=1S/C24H20N2O3/c1-28-18-11-7-16(8-12-18)23-15-21(20-5-3-4-6-22(20)26-23)24(27)25-17-9-13-19(29-2)14-10-17/h3-15H,1-2H3,(H,25,27). The molecule has 0 radical (unpaired) electrons. The molecular formula is C24H20N2O3. The molecule has 0 spiro atoms. The number of carbonyl (C=O) groups excluding carboxylic acids is 1.